The molecule has 0 N–H and O–H groups in total. The van der Waals surface area contributed by atoms with E-state index in [-0.39, 0.29) is 5.02 Å². The van der Waals surface area contributed by atoms with Crippen LogP contribution in [0.3, 0.4) is 0 Å². The summed E-state index contributed by atoms with van der Waals surface area (Å²) in [4.78, 5) is 7.98. The number of rotatable bonds is 2. The van der Waals surface area contributed by atoms with Crippen LogP contribution >= 0.6 is 0 Å². The summed E-state index contributed by atoms with van der Waals surface area (Å²) in [6.45, 7) is 0. The van der Waals surface area contributed by atoms with Crippen molar-refractivity contribution in [3.05, 3.63) is 5.21 Å². The van der Waals surface area contributed by atoms with E-state index in [0.29, 0.717) is 0 Å². The topological polar surface area (TPSA) is 56.9 Å². The van der Waals surface area contributed by atoms with Gasteiger partial charge in [-0.05, 0) is 0 Å². The summed E-state index contributed by atoms with van der Waals surface area (Å²) in [6, 6.07) is 0. The van der Waals surface area contributed by atoms with Gasteiger partial charge in [-0.2, -0.15) is 0 Å². The standard InChI is InChI=1S/C2H6N2O3/c1-6-3-4(5)7-2/h1-2H3/b4-3-. The van der Waals surface area contributed by atoms with Gasteiger partial charge in [0, 0.05) is 7.11 Å². The predicted molar refractivity (Wildman–Crippen MR) is 20.1 cm³/mol. The molecule has 0 atom stereocenters. The lowest BCUT2D eigenvalue weighted by atomic mass is 11.7. The van der Waals surface area contributed by atoms with Crippen molar-refractivity contribution in [3.63, 3.8) is 0 Å². The van der Waals surface area contributed by atoms with Gasteiger partial charge in [-0.15, -0.1) is 0 Å². The molecule has 0 spiro atoms. The van der Waals surface area contributed by atoms with E-state index in [2.05, 4.69) is 15.0 Å². The van der Waals surface area contributed by atoms with Crippen molar-refractivity contribution < 1.29 is 14.7 Å². The molecule has 0 aromatic carbocycles. The zero-order valence-corrected chi connectivity index (χ0v) is 4.12. The van der Waals surface area contributed by atoms with E-state index >= 15 is 0 Å². The average Bonchev–Trinajstić information content (AvgIpc) is 1.68. The van der Waals surface area contributed by atoms with E-state index in [9.17, 15) is 5.21 Å². The molecule has 0 amide bonds. The third kappa shape index (κ3) is 2.81. The molecule has 42 valence electrons. The predicted octanol–water partition coefficient (Wildman–Crippen LogP) is 0.0717. The largest absolute Gasteiger partial charge is 0.381 e. The second kappa shape index (κ2) is 3.20. The fraction of sp³-hybridized carbons (Fsp3) is 1.00. The van der Waals surface area contributed by atoms with Crippen molar-refractivity contribution in [1.82, 2.24) is 0 Å². The van der Waals surface area contributed by atoms with E-state index in [1.165, 1.54) is 14.2 Å². The minimum Gasteiger partial charge on any atom is -0.381 e. The van der Waals surface area contributed by atoms with Gasteiger partial charge >= 0.3 is 0 Å². The molecule has 0 heterocycles. The Morgan fingerprint density at radius 3 is 2.29 bits per heavy atom. The van der Waals surface area contributed by atoms with Crippen molar-refractivity contribution in [1.29, 1.82) is 0 Å². The summed E-state index contributed by atoms with van der Waals surface area (Å²) in [6.07, 6.45) is 0. The van der Waals surface area contributed by atoms with E-state index in [1.54, 1.807) is 0 Å². The molecule has 0 aromatic rings. The van der Waals surface area contributed by atoms with Gasteiger partial charge < -0.3 is 9.68 Å². The molecular formula is C2H6N2O3. The van der Waals surface area contributed by atoms with Crippen LogP contribution in [0.15, 0.2) is 5.28 Å². The highest BCUT2D eigenvalue weighted by molar-refractivity contribution is 3.80. The van der Waals surface area contributed by atoms with Gasteiger partial charge in [-0.25, -0.2) is 5.21 Å². The van der Waals surface area contributed by atoms with Crippen molar-refractivity contribution >= 4 is 0 Å². The van der Waals surface area contributed by atoms with Gasteiger partial charge in [0.15, 0.2) is 0 Å². The van der Waals surface area contributed by atoms with Gasteiger partial charge in [-0.1, -0.05) is 0 Å². The van der Waals surface area contributed by atoms with E-state index in [0.717, 1.165) is 0 Å². The highest BCUT2D eigenvalue weighted by Crippen LogP contribution is 1.72. The normalized spacial score (nSPS) is 10.9. The molecule has 0 bridgehead atoms. The van der Waals surface area contributed by atoms with Crippen LogP contribution in [0, 0.1) is 5.21 Å². The molecule has 5 nitrogen and oxygen atoms in total. The van der Waals surface area contributed by atoms with Crippen LogP contribution in [0.5, 0.6) is 0 Å². The number of nitrogens with zero attached hydrogens (tertiary/aromatic N) is 2. The fourth-order valence-electron chi connectivity index (χ4n) is 0.100. The molecule has 7 heavy (non-hydrogen) atoms. The smallest absolute Gasteiger partial charge is 0.257 e. The number of hydrogen-bond acceptors (Lipinski definition) is 4. The molecule has 0 saturated carbocycles. The summed E-state index contributed by atoms with van der Waals surface area (Å²) in [5, 5.41) is 12.6. The van der Waals surface area contributed by atoms with Crippen LogP contribution in [-0.2, 0) is 9.68 Å². The van der Waals surface area contributed by atoms with E-state index in [4.69, 9.17) is 0 Å². The van der Waals surface area contributed by atoms with E-state index < -0.39 is 0 Å². The Kier molecular flexibility index (Phi) is 2.74. The molecule has 0 aromatic heterocycles. The molecule has 0 fully saturated rings. The van der Waals surface area contributed by atoms with Gasteiger partial charge in [0.05, 0.1) is 0 Å². The quantitative estimate of drug-likeness (QED) is 0.369. The summed E-state index contributed by atoms with van der Waals surface area (Å²) in [7, 11) is 2.44. The Balaban J connectivity index is 3.29. The summed E-state index contributed by atoms with van der Waals surface area (Å²) >= 11 is 0. The van der Waals surface area contributed by atoms with Gasteiger partial charge in [0.25, 0.3) is 5.28 Å². The number of hydrogen-bond donors (Lipinski definition) is 0. The maximum Gasteiger partial charge on any atom is 0.257 e. The summed E-state index contributed by atoms with van der Waals surface area (Å²) < 4.78 is 0. The molecule has 0 unspecified atom stereocenters. The first-order valence-electron chi connectivity index (χ1n) is 1.56. The molecule has 0 rings (SSSR count). The molecule has 0 aliphatic heterocycles. The fourth-order valence-corrected chi connectivity index (χ4v) is 0.100. The van der Waals surface area contributed by atoms with Crippen LogP contribution in [0.1, 0.15) is 0 Å². The van der Waals surface area contributed by atoms with Crippen LogP contribution in [-0.4, -0.2) is 19.2 Å². The molecule has 5 heteroatoms. The van der Waals surface area contributed by atoms with Crippen molar-refractivity contribution in [2.24, 2.45) is 5.28 Å². The Labute approximate surface area is 40.6 Å². The Morgan fingerprint density at radius 2 is 2.14 bits per heavy atom. The lowest BCUT2D eigenvalue weighted by Crippen LogP contribution is -1.96. The van der Waals surface area contributed by atoms with Crippen LogP contribution in [0.25, 0.3) is 0 Å². The van der Waals surface area contributed by atoms with Crippen molar-refractivity contribution in [2.75, 3.05) is 14.2 Å². The second-order valence-corrected chi connectivity index (χ2v) is 0.685. The lowest BCUT2D eigenvalue weighted by Gasteiger charge is -1.87. The second-order valence-electron chi connectivity index (χ2n) is 0.685. The van der Waals surface area contributed by atoms with Gasteiger partial charge in [0.2, 0.25) is 5.02 Å². The van der Waals surface area contributed by atoms with Gasteiger partial charge in [-0.3, -0.25) is 0 Å². The Bertz CT molecular complexity index is 71.3. The third-order valence-corrected chi connectivity index (χ3v) is 0.305. The SMILES string of the molecule is CO/N=[N+](/[O-])OC. The monoisotopic (exact) mass is 106 g/mol. The molecule has 0 radical (unpaired) electrons. The highest BCUT2D eigenvalue weighted by Gasteiger charge is 1.83. The molecular weight excluding hydrogens is 100 g/mol. The maximum atomic E-state index is 9.81. The van der Waals surface area contributed by atoms with Crippen molar-refractivity contribution in [2.45, 2.75) is 0 Å². The molecule has 0 aliphatic carbocycles. The summed E-state index contributed by atoms with van der Waals surface area (Å²) in [5.41, 5.74) is 0. The summed E-state index contributed by atoms with van der Waals surface area (Å²) in [5.74, 6) is 0. The first-order chi connectivity index (χ1) is 3.31. The average molecular weight is 106 g/mol. The van der Waals surface area contributed by atoms with E-state index in [1.807, 2.05) is 0 Å². The zero-order valence-electron chi connectivity index (χ0n) is 4.12. The minimum absolute atomic E-state index is 0.0417. The lowest BCUT2D eigenvalue weighted by molar-refractivity contribution is -0.796. The van der Waals surface area contributed by atoms with Crippen LogP contribution in [0.4, 0.5) is 0 Å². The Hall–Kier alpha value is -1.00. The maximum absolute atomic E-state index is 9.81. The Morgan fingerprint density at radius 1 is 1.57 bits per heavy atom. The van der Waals surface area contributed by atoms with Crippen LogP contribution in [0.2, 0.25) is 0 Å². The first kappa shape index (κ1) is 6.00. The minimum atomic E-state index is -0.0417. The van der Waals surface area contributed by atoms with Gasteiger partial charge in [0.1, 0.15) is 7.11 Å². The first-order valence-corrected chi connectivity index (χ1v) is 1.56. The highest BCUT2D eigenvalue weighted by atomic mass is 16.9. The zero-order chi connectivity index (χ0) is 5.70. The van der Waals surface area contributed by atoms with Crippen LogP contribution < -0.4 is 0 Å². The molecule has 0 saturated heterocycles. The third-order valence-electron chi connectivity index (χ3n) is 0.305. The van der Waals surface area contributed by atoms with Crippen molar-refractivity contribution in [3.8, 4) is 0 Å². The molecule has 0 aliphatic rings.